The van der Waals surface area contributed by atoms with E-state index in [4.69, 9.17) is 5.73 Å². The molecule has 102 valence electrons. The topological polar surface area (TPSA) is 101 Å². The van der Waals surface area contributed by atoms with Crippen molar-refractivity contribution in [3.63, 3.8) is 0 Å². The summed E-state index contributed by atoms with van der Waals surface area (Å²) in [5.74, 6) is -0.165. The molecule has 2 aromatic rings. The molecular weight excluding hydrogens is 271 g/mol. The van der Waals surface area contributed by atoms with E-state index in [1.807, 2.05) is 6.92 Å². The Morgan fingerprint density at radius 2 is 2.21 bits per heavy atom. The Balaban J connectivity index is 2.33. The molecule has 8 heteroatoms. The van der Waals surface area contributed by atoms with Crippen LogP contribution in [0.5, 0.6) is 0 Å². The molecule has 0 atom stereocenters. The number of halogens is 1. The standard InChI is InChI=1S/C11H13FN4O2S/c1-2-10-14-6-11(15-10)19(17,18)16-9-5-7(13)3-4-8(9)12/h3-6,16H,2,13H2,1H3,(H,14,15). The molecule has 0 saturated carbocycles. The summed E-state index contributed by atoms with van der Waals surface area (Å²) in [6, 6.07) is 3.65. The van der Waals surface area contributed by atoms with Crippen molar-refractivity contribution in [1.29, 1.82) is 0 Å². The van der Waals surface area contributed by atoms with Crippen LogP contribution in [0.15, 0.2) is 29.4 Å². The van der Waals surface area contributed by atoms with Gasteiger partial charge in [0, 0.05) is 12.1 Å². The highest BCUT2D eigenvalue weighted by Crippen LogP contribution is 2.20. The summed E-state index contributed by atoms with van der Waals surface area (Å²) < 4.78 is 39.6. The molecule has 6 nitrogen and oxygen atoms in total. The minimum atomic E-state index is -3.91. The number of H-pyrrole nitrogens is 1. The molecule has 0 aliphatic rings. The van der Waals surface area contributed by atoms with Gasteiger partial charge in [0.15, 0.2) is 5.03 Å². The van der Waals surface area contributed by atoms with Gasteiger partial charge in [-0.3, -0.25) is 4.72 Å². The highest BCUT2D eigenvalue weighted by atomic mass is 32.2. The maximum Gasteiger partial charge on any atom is 0.279 e. The molecule has 0 unspecified atom stereocenters. The highest BCUT2D eigenvalue weighted by Gasteiger charge is 2.18. The third-order valence-corrected chi connectivity index (χ3v) is 3.74. The molecule has 0 amide bonds. The highest BCUT2D eigenvalue weighted by molar-refractivity contribution is 7.92. The maximum atomic E-state index is 13.5. The van der Waals surface area contributed by atoms with Crippen LogP contribution in [-0.2, 0) is 16.4 Å². The first kappa shape index (κ1) is 13.3. The molecule has 0 fully saturated rings. The second-order valence-corrected chi connectivity index (χ2v) is 5.54. The number of hydrogen-bond acceptors (Lipinski definition) is 4. The van der Waals surface area contributed by atoms with Crippen molar-refractivity contribution < 1.29 is 12.8 Å². The van der Waals surface area contributed by atoms with Gasteiger partial charge in [-0.25, -0.2) is 9.37 Å². The number of hydrogen-bond donors (Lipinski definition) is 3. The average Bonchev–Trinajstić information content (AvgIpc) is 2.83. The number of imidazole rings is 1. The molecule has 1 heterocycles. The number of anilines is 2. The fourth-order valence-electron chi connectivity index (χ4n) is 1.48. The van der Waals surface area contributed by atoms with E-state index in [1.54, 1.807) is 0 Å². The van der Waals surface area contributed by atoms with E-state index < -0.39 is 15.8 Å². The number of rotatable bonds is 4. The van der Waals surface area contributed by atoms with Gasteiger partial charge in [-0.15, -0.1) is 0 Å². The maximum absolute atomic E-state index is 13.5. The lowest BCUT2D eigenvalue weighted by Gasteiger charge is -2.07. The molecular formula is C11H13FN4O2S. The number of aromatic nitrogens is 2. The first-order chi connectivity index (χ1) is 8.92. The number of aryl methyl sites for hydroxylation is 1. The number of nitrogens with one attached hydrogen (secondary N) is 2. The smallest absolute Gasteiger partial charge is 0.279 e. The van der Waals surface area contributed by atoms with Gasteiger partial charge in [0.1, 0.15) is 11.6 Å². The van der Waals surface area contributed by atoms with E-state index in [0.29, 0.717) is 12.2 Å². The molecule has 1 aromatic heterocycles. The van der Waals surface area contributed by atoms with Gasteiger partial charge in [0.25, 0.3) is 10.0 Å². The Hall–Kier alpha value is -2.09. The quantitative estimate of drug-likeness (QED) is 0.740. The van der Waals surface area contributed by atoms with Gasteiger partial charge < -0.3 is 10.7 Å². The molecule has 0 aliphatic heterocycles. The van der Waals surface area contributed by atoms with E-state index >= 15 is 0 Å². The molecule has 2 rings (SSSR count). The largest absolute Gasteiger partial charge is 0.399 e. The molecule has 0 spiro atoms. The molecule has 0 bridgehead atoms. The zero-order valence-corrected chi connectivity index (χ0v) is 11.0. The van der Waals surface area contributed by atoms with Gasteiger partial charge in [0.2, 0.25) is 0 Å². The molecule has 0 radical (unpaired) electrons. The van der Waals surface area contributed by atoms with Crippen LogP contribution in [0.4, 0.5) is 15.8 Å². The van der Waals surface area contributed by atoms with Crippen molar-refractivity contribution in [2.24, 2.45) is 0 Å². The van der Waals surface area contributed by atoms with Gasteiger partial charge in [-0.2, -0.15) is 8.42 Å². The van der Waals surface area contributed by atoms with Gasteiger partial charge in [-0.1, -0.05) is 6.92 Å². The summed E-state index contributed by atoms with van der Waals surface area (Å²) in [5, 5.41) is -0.119. The van der Waals surface area contributed by atoms with Crippen LogP contribution in [-0.4, -0.2) is 18.4 Å². The van der Waals surface area contributed by atoms with Gasteiger partial charge in [0.05, 0.1) is 11.9 Å². The Morgan fingerprint density at radius 3 is 2.84 bits per heavy atom. The van der Waals surface area contributed by atoms with E-state index in [-0.39, 0.29) is 16.4 Å². The summed E-state index contributed by atoms with van der Waals surface area (Å²) in [5.41, 5.74) is 5.55. The lowest BCUT2D eigenvalue weighted by atomic mass is 10.3. The Bertz CT molecular complexity index is 696. The zero-order valence-electron chi connectivity index (χ0n) is 10.1. The van der Waals surface area contributed by atoms with Crippen LogP contribution in [0.2, 0.25) is 0 Å². The van der Waals surface area contributed by atoms with Crippen LogP contribution in [0.25, 0.3) is 0 Å². The predicted octanol–water partition coefficient (Wildman–Crippen LogP) is 1.49. The van der Waals surface area contributed by atoms with E-state index in [1.165, 1.54) is 18.3 Å². The number of sulfonamides is 1. The van der Waals surface area contributed by atoms with Crippen LogP contribution in [0, 0.1) is 5.82 Å². The molecule has 0 aliphatic carbocycles. The minimum absolute atomic E-state index is 0.119. The number of aromatic amines is 1. The first-order valence-corrected chi connectivity index (χ1v) is 7.02. The van der Waals surface area contributed by atoms with Crippen molar-refractivity contribution in [1.82, 2.24) is 9.97 Å². The van der Waals surface area contributed by atoms with E-state index in [9.17, 15) is 12.8 Å². The second-order valence-electron chi connectivity index (χ2n) is 3.89. The minimum Gasteiger partial charge on any atom is -0.399 e. The zero-order chi connectivity index (χ0) is 14.0. The number of nitrogen functional groups attached to an aromatic ring is 1. The molecule has 4 N–H and O–H groups in total. The second kappa shape index (κ2) is 4.88. The monoisotopic (exact) mass is 284 g/mol. The van der Waals surface area contributed by atoms with Crippen molar-refractivity contribution in [2.45, 2.75) is 18.4 Å². The van der Waals surface area contributed by atoms with Gasteiger partial charge >= 0.3 is 0 Å². The summed E-state index contributed by atoms with van der Waals surface area (Å²) >= 11 is 0. The van der Waals surface area contributed by atoms with Crippen molar-refractivity contribution in [3.8, 4) is 0 Å². The first-order valence-electron chi connectivity index (χ1n) is 5.54. The lowest BCUT2D eigenvalue weighted by Crippen LogP contribution is -2.14. The molecule has 19 heavy (non-hydrogen) atoms. The van der Waals surface area contributed by atoms with Crippen molar-refractivity contribution in [3.05, 3.63) is 36.0 Å². The van der Waals surface area contributed by atoms with Crippen LogP contribution < -0.4 is 10.5 Å². The number of nitrogens with two attached hydrogens (primary N) is 1. The fraction of sp³-hybridized carbons (Fsp3) is 0.182. The van der Waals surface area contributed by atoms with Crippen LogP contribution in [0.1, 0.15) is 12.7 Å². The SMILES string of the molecule is CCc1ncc(S(=O)(=O)Nc2cc(N)ccc2F)[nH]1. The average molecular weight is 284 g/mol. The Kier molecular flexibility index (Phi) is 3.43. The lowest BCUT2D eigenvalue weighted by molar-refractivity contribution is 0.595. The van der Waals surface area contributed by atoms with Gasteiger partial charge in [-0.05, 0) is 18.2 Å². The summed E-state index contributed by atoms with van der Waals surface area (Å²) in [6.45, 7) is 1.83. The Morgan fingerprint density at radius 1 is 1.47 bits per heavy atom. The predicted molar refractivity (Wildman–Crippen MR) is 69.6 cm³/mol. The fourth-order valence-corrected chi connectivity index (χ4v) is 2.48. The molecule has 0 saturated heterocycles. The summed E-state index contributed by atoms with van der Waals surface area (Å²) in [4.78, 5) is 6.53. The number of benzene rings is 1. The molecule has 1 aromatic carbocycles. The third kappa shape index (κ3) is 2.84. The van der Waals surface area contributed by atoms with Crippen molar-refractivity contribution in [2.75, 3.05) is 10.5 Å². The van der Waals surface area contributed by atoms with E-state index in [0.717, 1.165) is 6.07 Å². The number of nitrogens with zero attached hydrogens (tertiary/aromatic N) is 1. The summed E-state index contributed by atoms with van der Waals surface area (Å²) in [7, 11) is -3.91. The summed E-state index contributed by atoms with van der Waals surface area (Å²) in [6.07, 6.45) is 1.76. The Labute approximate surface area is 109 Å². The van der Waals surface area contributed by atoms with E-state index in [2.05, 4.69) is 14.7 Å². The van der Waals surface area contributed by atoms with Crippen molar-refractivity contribution >= 4 is 21.4 Å². The normalized spacial score (nSPS) is 11.5. The van der Waals surface area contributed by atoms with Crippen LogP contribution in [0.3, 0.4) is 0 Å². The van der Waals surface area contributed by atoms with Crippen LogP contribution >= 0.6 is 0 Å². The third-order valence-electron chi connectivity index (χ3n) is 2.46.